The number of benzene rings is 1. The number of nitrogens with zero attached hydrogens (tertiary/aromatic N) is 5. The van der Waals surface area contributed by atoms with Crippen LogP contribution in [0.5, 0.6) is 0 Å². The smallest absolute Gasteiger partial charge is 0.253 e. The van der Waals surface area contributed by atoms with Crippen LogP contribution < -0.4 is 5.32 Å². The summed E-state index contributed by atoms with van der Waals surface area (Å²) in [5, 5.41) is 4.17. The van der Waals surface area contributed by atoms with Gasteiger partial charge in [0.1, 0.15) is 5.78 Å². The Hall–Kier alpha value is -5.17. The van der Waals surface area contributed by atoms with Crippen LogP contribution in [0.25, 0.3) is 0 Å². The van der Waals surface area contributed by atoms with Gasteiger partial charge in [0.15, 0.2) is 11.6 Å². The Labute approximate surface area is 483 Å². The molecule has 3 fully saturated rings. The highest BCUT2D eigenvalue weighted by atomic mass is 16.7. The van der Waals surface area contributed by atoms with Gasteiger partial charge < -0.3 is 24.6 Å². The van der Waals surface area contributed by atoms with Crippen molar-refractivity contribution < 1.29 is 57.5 Å². The van der Waals surface area contributed by atoms with Gasteiger partial charge in [0.2, 0.25) is 17.7 Å². The molecule has 10 atom stereocenters. The molecule has 18 heteroatoms. The first-order valence-corrected chi connectivity index (χ1v) is 30.3. The van der Waals surface area contributed by atoms with Crippen LogP contribution in [0.2, 0.25) is 0 Å². The highest BCUT2D eigenvalue weighted by molar-refractivity contribution is 6.12. The number of Topliss-reactive ketones (excluding diaryl/α,β-unsaturated/α-hetero) is 3. The van der Waals surface area contributed by atoms with Crippen molar-refractivity contribution >= 4 is 52.8 Å². The number of hydrogen-bond donors (Lipinski definition) is 1. The number of nitrogens with one attached hydrogen (secondary N) is 1. The van der Waals surface area contributed by atoms with E-state index in [1.54, 1.807) is 26.2 Å². The van der Waals surface area contributed by atoms with Crippen LogP contribution in [0.3, 0.4) is 0 Å². The molecule has 0 spiro atoms. The second-order valence-electron chi connectivity index (χ2n) is 24.3. The van der Waals surface area contributed by atoms with Crippen molar-refractivity contribution in [3.63, 3.8) is 0 Å². The molecule has 81 heavy (non-hydrogen) atoms. The molecule has 452 valence electrons. The van der Waals surface area contributed by atoms with Crippen molar-refractivity contribution in [1.82, 2.24) is 30.0 Å². The lowest BCUT2D eigenvalue weighted by atomic mass is 9.83. The fraction of sp³-hybridized carbons (Fsp3) is 0.730. The summed E-state index contributed by atoms with van der Waals surface area (Å²) in [5.41, 5.74) is 0.113. The average molecular weight is 1130 g/mol. The summed E-state index contributed by atoms with van der Waals surface area (Å²) in [5.74, 6) is -3.06. The average Bonchev–Trinajstić information content (AvgIpc) is 3.63. The van der Waals surface area contributed by atoms with E-state index in [4.69, 9.17) is 14.3 Å². The summed E-state index contributed by atoms with van der Waals surface area (Å²) in [6.07, 6.45) is 10.3. The van der Waals surface area contributed by atoms with Gasteiger partial charge in [-0.3, -0.25) is 57.8 Å². The molecule has 0 radical (unpaired) electrons. The van der Waals surface area contributed by atoms with Crippen molar-refractivity contribution in [2.45, 2.75) is 194 Å². The van der Waals surface area contributed by atoms with Crippen LogP contribution in [0.1, 0.15) is 169 Å². The molecule has 1 aliphatic carbocycles. The third-order valence-corrected chi connectivity index (χ3v) is 17.9. The first kappa shape index (κ1) is 66.6. The van der Waals surface area contributed by atoms with E-state index in [0.29, 0.717) is 84.2 Å². The summed E-state index contributed by atoms with van der Waals surface area (Å²) in [6, 6.07) is 8.57. The molecule has 3 aliphatic heterocycles. The van der Waals surface area contributed by atoms with E-state index in [9.17, 15) is 43.2 Å². The lowest BCUT2D eigenvalue weighted by Crippen LogP contribution is -2.54. The van der Waals surface area contributed by atoms with Crippen molar-refractivity contribution in [3.05, 3.63) is 48.0 Å². The molecule has 0 unspecified atom stereocenters. The number of rotatable bonds is 36. The molecule has 1 aromatic rings. The summed E-state index contributed by atoms with van der Waals surface area (Å²) in [4.78, 5) is 134. The number of ether oxygens (including phenoxy) is 2. The van der Waals surface area contributed by atoms with Gasteiger partial charge in [0.05, 0.1) is 55.3 Å². The summed E-state index contributed by atoms with van der Waals surface area (Å²) < 4.78 is 12.3. The number of likely N-dealkylation sites (tertiary alicyclic amines) is 1. The topological polar surface area (TPSA) is 210 Å². The van der Waals surface area contributed by atoms with Gasteiger partial charge in [-0.1, -0.05) is 98.1 Å². The van der Waals surface area contributed by atoms with E-state index in [1.807, 2.05) is 83.8 Å². The van der Waals surface area contributed by atoms with Gasteiger partial charge in [-0.15, -0.1) is 0 Å². The molecular formula is C63H98N6O12. The minimum atomic E-state index is -0.911. The maximum absolute atomic E-state index is 14.8. The first-order chi connectivity index (χ1) is 38.6. The highest BCUT2D eigenvalue weighted by Crippen LogP contribution is 2.63. The van der Waals surface area contributed by atoms with Gasteiger partial charge in [0.25, 0.3) is 17.7 Å². The molecule has 5 rings (SSSR count). The number of carbonyl (C=O) groups is 9. The molecule has 6 amide bonds. The molecule has 2 saturated heterocycles. The van der Waals surface area contributed by atoms with Gasteiger partial charge in [-0.2, -0.15) is 0 Å². The number of hydroxylamine groups is 2. The summed E-state index contributed by atoms with van der Waals surface area (Å²) >= 11 is 0. The van der Waals surface area contributed by atoms with Gasteiger partial charge in [-0.05, 0) is 101 Å². The normalized spacial score (nSPS) is 21.7. The fourth-order valence-electron chi connectivity index (χ4n) is 12.8. The predicted octanol–water partition coefficient (Wildman–Crippen LogP) is 7.51. The third-order valence-electron chi connectivity index (χ3n) is 17.9. The second-order valence-corrected chi connectivity index (χ2v) is 24.3. The zero-order valence-electron chi connectivity index (χ0n) is 50.8. The zero-order chi connectivity index (χ0) is 59.6. The minimum absolute atomic E-state index is 0.00306. The van der Waals surface area contributed by atoms with Gasteiger partial charge in [-0.25, -0.2) is 5.06 Å². The van der Waals surface area contributed by atoms with Crippen LogP contribution in [0, 0.1) is 35.0 Å². The number of unbranched alkanes of at least 4 members (excludes halogenated alkanes) is 4. The molecule has 1 aromatic carbocycles. The lowest BCUT2D eigenvalue weighted by molar-refractivity contribution is -0.203. The van der Waals surface area contributed by atoms with Crippen molar-refractivity contribution in [3.8, 4) is 0 Å². The van der Waals surface area contributed by atoms with Crippen LogP contribution in [-0.2, 0) is 57.5 Å². The van der Waals surface area contributed by atoms with E-state index in [0.717, 1.165) is 37.7 Å². The van der Waals surface area contributed by atoms with E-state index in [-0.39, 0.29) is 115 Å². The largest absolute Gasteiger partial charge is 0.379 e. The Morgan fingerprint density at radius 3 is 2.09 bits per heavy atom. The van der Waals surface area contributed by atoms with Crippen molar-refractivity contribution in [2.24, 2.45) is 35.0 Å². The van der Waals surface area contributed by atoms with E-state index < -0.39 is 41.5 Å². The molecule has 4 aliphatic rings. The zero-order valence-corrected chi connectivity index (χ0v) is 50.8. The number of amides is 6. The van der Waals surface area contributed by atoms with E-state index in [1.165, 1.54) is 22.1 Å². The molecule has 3 heterocycles. The Balaban J connectivity index is 1.13. The SMILES string of the molecule is CC[C@H](C)[C@@H]([C@@H](CC(=O)N1CCC[C@H]1[C@H](OC)[C@@H](C)C(=O)C[C@@]1(C(=O)N2CCCCO2)C[C@@H]1c1ccccc1)OC)N(C)C(=O)[C@@H](CC(=O)[C@H](C(C)C)N(C)CCCCCC(=O)CNC(=O)CCCCCN1C(=O)C=CC1=O)C(C)C. The summed E-state index contributed by atoms with van der Waals surface area (Å²) in [7, 11) is 6.85. The molecule has 1 saturated carbocycles. The predicted molar refractivity (Wildman–Crippen MR) is 309 cm³/mol. The number of likely N-dealkylation sites (N-methyl/N-ethyl adjacent to an activating group) is 2. The Morgan fingerprint density at radius 1 is 0.790 bits per heavy atom. The molecule has 18 nitrogen and oxygen atoms in total. The fourth-order valence-corrected chi connectivity index (χ4v) is 12.8. The number of hydrogen-bond acceptors (Lipinski definition) is 13. The first-order valence-electron chi connectivity index (χ1n) is 30.3. The number of methoxy groups -OCH3 is 2. The Bertz CT molecular complexity index is 2300. The molecule has 0 bridgehead atoms. The van der Waals surface area contributed by atoms with E-state index in [2.05, 4.69) is 17.1 Å². The van der Waals surface area contributed by atoms with Gasteiger partial charge >= 0.3 is 0 Å². The number of carbonyl (C=O) groups excluding carboxylic acids is 9. The van der Waals surface area contributed by atoms with E-state index >= 15 is 0 Å². The Morgan fingerprint density at radius 2 is 1.47 bits per heavy atom. The minimum Gasteiger partial charge on any atom is -0.379 e. The van der Waals surface area contributed by atoms with Crippen LogP contribution in [-0.4, -0.2) is 175 Å². The van der Waals surface area contributed by atoms with Crippen LogP contribution in [0.15, 0.2) is 42.5 Å². The van der Waals surface area contributed by atoms with Gasteiger partial charge in [0, 0.05) is 90.6 Å². The molecule has 0 aromatic heterocycles. The molecule has 1 N–H and O–H groups in total. The monoisotopic (exact) mass is 1130 g/mol. The van der Waals surface area contributed by atoms with Crippen LogP contribution in [0.4, 0.5) is 0 Å². The quantitative estimate of drug-likeness (QED) is 0.0510. The number of ketones is 3. The maximum Gasteiger partial charge on any atom is 0.253 e. The maximum atomic E-state index is 14.8. The third kappa shape index (κ3) is 17.9. The summed E-state index contributed by atoms with van der Waals surface area (Å²) in [6.45, 7) is 16.3. The van der Waals surface area contributed by atoms with Crippen molar-refractivity contribution in [1.29, 1.82) is 0 Å². The van der Waals surface area contributed by atoms with Crippen molar-refractivity contribution in [2.75, 3.05) is 67.6 Å². The Kier molecular flexibility index (Phi) is 26.4. The molecular weight excluding hydrogens is 1030 g/mol. The lowest BCUT2D eigenvalue weighted by Gasteiger charge is -2.41. The van der Waals surface area contributed by atoms with Crippen LogP contribution >= 0.6 is 0 Å². The number of imide groups is 1. The highest BCUT2D eigenvalue weighted by Gasteiger charge is 2.63. The second kappa shape index (κ2) is 32.0. The standard InChI is InChI=1S/C63H98N6O12/c1-12-44(6)59(53(79-10)38-57(76)67-34-24-28-50(67)60(80-11)45(7)52(72)40-63(62(78)69-35-22-23-36-81-69)39-49(63)46-25-16-13-17-26-46)66(9)61(77)48(42(2)3)37-51(71)58(43(4)5)65(8)32-20-14-18-27-47(70)41-64-54(73)29-19-15-21-33-68-55(74)30-31-56(68)75/h13,16-17,25-26,30-31,42-45,48-50,53,58-60H,12,14-15,18-24,27-29,32-41H2,1-11H3,(H,64,73)/t44-,45-,48-,49+,50-,53+,58-,59-,60+,63-/m0/s1.